The zero-order valence-electron chi connectivity index (χ0n) is 13.2. The molecule has 1 aromatic rings. The van der Waals surface area contributed by atoms with Crippen LogP contribution in [0.3, 0.4) is 0 Å². The fourth-order valence-electron chi connectivity index (χ4n) is 3.42. The van der Waals surface area contributed by atoms with E-state index in [9.17, 15) is 0 Å². The van der Waals surface area contributed by atoms with Gasteiger partial charge in [-0.1, -0.05) is 26.7 Å². The molecule has 1 unspecified atom stereocenters. The zero-order chi connectivity index (χ0) is 14.5. The highest BCUT2D eigenvalue weighted by Gasteiger charge is 2.29. The number of nitrogens with one attached hydrogen (secondary N) is 1. The van der Waals surface area contributed by atoms with Crippen LogP contribution in [0, 0.1) is 18.8 Å². The Kier molecular flexibility index (Phi) is 5.41. The van der Waals surface area contributed by atoms with E-state index in [-0.39, 0.29) is 0 Å². The van der Waals surface area contributed by atoms with Gasteiger partial charge in [-0.3, -0.25) is 0 Å². The average Bonchev–Trinajstić information content (AvgIpc) is 2.43. The predicted molar refractivity (Wildman–Crippen MR) is 85.5 cm³/mol. The minimum Gasteiger partial charge on any atom is -0.383 e. The molecule has 3 heteroatoms. The van der Waals surface area contributed by atoms with Crippen LogP contribution in [0.15, 0.2) is 12.3 Å². The van der Waals surface area contributed by atoms with Gasteiger partial charge in [-0.25, -0.2) is 4.98 Å². The van der Waals surface area contributed by atoms with Crippen molar-refractivity contribution in [1.82, 2.24) is 10.3 Å². The number of aromatic nitrogens is 1. The molecule has 0 spiro atoms. The summed E-state index contributed by atoms with van der Waals surface area (Å²) >= 11 is 0. The van der Waals surface area contributed by atoms with Crippen molar-refractivity contribution in [2.24, 2.45) is 11.8 Å². The highest BCUT2D eigenvalue weighted by Crippen LogP contribution is 2.39. The molecule has 112 valence electrons. The lowest BCUT2D eigenvalue weighted by molar-refractivity contribution is 0.231. The van der Waals surface area contributed by atoms with Crippen LogP contribution < -0.4 is 11.1 Å². The largest absolute Gasteiger partial charge is 0.383 e. The van der Waals surface area contributed by atoms with Gasteiger partial charge in [-0.2, -0.15) is 0 Å². The van der Waals surface area contributed by atoms with E-state index in [1.54, 1.807) is 0 Å². The Balaban J connectivity index is 2.22. The van der Waals surface area contributed by atoms with Gasteiger partial charge in [-0.15, -0.1) is 0 Å². The second-order valence-corrected chi connectivity index (χ2v) is 6.38. The van der Waals surface area contributed by atoms with E-state index in [0.717, 1.165) is 18.9 Å². The summed E-state index contributed by atoms with van der Waals surface area (Å²) in [4.78, 5) is 4.32. The molecule has 0 saturated heterocycles. The topological polar surface area (TPSA) is 50.9 Å². The van der Waals surface area contributed by atoms with E-state index >= 15 is 0 Å². The Morgan fingerprint density at radius 2 is 2.05 bits per heavy atom. The van der Waals surface area contributed by atoms with Crippen LogP contribution in [0.25, 0.3) is 0 Å². The number of hydrogen-bond donors (Lipinski definition) is 2. The number of anilines is 1. The van der Waals surface area contributed by atoms with Crippen molar-refractivity contribution in [3.8, 4) is 0 Å². The first kappa shape index (κ1) is 15.3. The van der Waals surface area contributed by atoms with Gasteiger partial charge in [0.2, 0.25) is 0 Å². The van der Waals surface area contributed by atoms with Crippen molar-refractivity contribution in [1.29, 1.82) is 0 Å². The summed E-state index contributed by atoms with van der Waals surface area (Å²) in [6.45, 7) is 7.78. The van der Waals surface area contributed by atoms with Crippen LogP contribution in [-0.2, 0) is 0 Å². The lowest BCUT2D eigenvalue weighted by Gasteiger charge is -2.34. The van der Waals surface area contributed by atoms with Crippen LogP contribution in [0.1, 0.15) is 63.1 Å². The summed E-state index contributed by atoms with van der Waals surface area (Å²) in [5, 5.41) is 3.73. The molecule has 20 heavy (non-hydrogen) atoms. The Morgan fingerprint density at radius 1 is 1.35 bits per heavy atom. The third-order valence-electron chi connectivity index (χ3n) is 4.70. The first-order valence-corrected chi connectivity index (χ1v) is 8.07. The molecule has 0 amide bonds. The Labute approximate surface area is 123 Å². The minimum atomic E-state index is 0.371. The maximum atomic E-state index is 6.18. The van der Waals surface area contributed by atoms with Gasteiger partial charge in [0.25, 0.3) is 0 Å². The number of rotatable bonds is 5. The Bertz CT molecular complexity index is 402. The number of pyridine rings is 1. The van der Waals surface area contributed by atoms with Gasteiger partial charge in [0, 0.05) is 17.8 Å². The first-order chi connectivity index (χ1) is 9.63. The fourth-order valence-corrected chi connectivity index (χ4v) is 3.42. The van der Waals surface area contributed by atoms with Crippen molar-refractivity contribution in [2.45, 2.75) is 58.9 Å². The molecule has 0 aromatic carbocycles. The van der Waals surface area contributed by atoms with E-state index < -0.39 is 0 Å². The molecule has 1 saturated carbocycles. The molecule has 3 nitrogen and oxygen atoms in total. The summed E-state index contributed by atoms with van der Waals surface area (Å²) in [7, 11) is 0. The highest BCUT2D eigenvalue weighted by molar-refractivity contribution is 5.46. The average molecular weight is 275 g/mol. The summed E-state index contributed by atoms with van der Waals surface area (Å²) in [5.74, 6) is 2.28. The fraction of sp³-hybridized carbons (Fsp3) is 0.706. The maximum Gasteiger partial charge on any atom is 0.128 e. The summed E-state index contributed by atoms with van der Waals surface area (Å²) in [6.07, 6.45) is 8.25. The summed E-state index contributed by atoms with van der Waals surface area (Å²) in [6, 6.07) is 2.45. The van der Waals surface area contributed by atoms with Gasteiger partial charge in [0.1, 0.15) is 5.82 Å². The summed E-state index contributed by atoms with van der Waals surface area (Å²) < 4.78 is 0. The molecule has 0 radical (unpaired) electrons. The molecule has 0 bridgehead atoms. The first-order valence-electron chi connectivity index (χ1n) is 8.07. The third-order valence-corrected chi connectivity index (χ3v) is 4.70. The predicted octanol–water partition coefficient (Wildman–Crippen LogP) is 3.84. The maximum absolute atomic E-state index is 6.18. The minimum absolute atomic E-state index is 0.371. The molecule has 0 aliphatic heterocycles. The second kappa shape index (κ2) is 7.07. The van der Waals surface area contributed by atoms with Crippen molar-refractivity contribution in [3.05, 3.63) is 23.4 Å². The van der Waals surface area contributed by atoms with Crippen LogP contribution in [0.2, 0.25) is 0 Å². The van der Waals surface area contributed by atoms with E-state index in [1.807, 2.05) is 6.20 Å². The SMILES string of the molecule is CCCNC(c1c(C)ccnc1N)C1CCC(C)CC1. The molecule has 1 atom stereocenters. The zero-order valence-corrected chi connectivity index (χ0v) is 13.2. The number of aryl methyl sites for hydroxylation is 1. The van der Waals surface area contributed by atoms with Gasteiger partial charge in [0.05, 0.1) is 0 Å². The standard InChI is InChI=1S/C17H29N3/c1-4-10-19-16(14-7-5-12(2)6-8-14)15-13(3)9-11-20-17(15)18/h9,11-12,14,16,19H,4-8,10H2,1-3H3,(H2,18,20). The highest BCUT2D eigenvalue weighted by atomic mass is 14.9. The molecular formula is C17H29N3. The van der Waals surface area contributed by atoms with E-state index in [4.69, 9.17) is 5.73 Å². The number of nitrogens with zero attached hydrogens (tertiary/aromatic N) is 1. The van der Waals surface area contributed by atoms with Crippen LogP contribution >= 0.6 is 0 Å². The third kappa shape index (κ3) is 3.51. The molecular weight excluding hydrogens is 246 g/mol. The Morgan fingerprint density at radius 3 is 2.65 bits per heavy atom. The molecule has 1 fully saturated rings. The smallest absolute Gasteiger partial charge is 0.128 e. The number of nitrogens with two attached hydrogens (primary N) is 1. The lowest BCUT2D eigenvalue weighted by atomic mass is 9.76. The van der Waals surface area contributed by atoms with E-state index in [1.165, 1.54) is 36.8 Å². The van der Waals surface area contributed by atoms with Crippen LogP contribution in [0.4, 0.5) is 5.82 Å². The van der Waals surface area contributed by atoms with Gasteiger partial charge >= 0.3 is 0 Å². The molecule has 2 rings (SSSR count). The molecule has 1 heterocycles. The summed E-state index contributed by atoms with van der Waals surface area (Å²) in [5.41, 5.74) is 8.68. The van der Waals surface area contributed by atoms with Crippen molar-refractivity contribution < 1.29 is 0 Å². The van der Waals surface area contributed by atoms with Crippen LogP contribution in [0.5, 0.6) is 0 Å². The molecule has 1 aliphatic rings. The monoisotopic (exact) mass is 275 g/mol. The Hall–Kier alpha value is -1.09. The quantitative estimate of drug-likeness (QED) is 0.858. The molecule has 3 N–H and O–H groups in total. The van der Waals surface area contributed by atoms with E-state index in [0.29, 0.717) is 17.8 Å². The van der Waals surface area contributed by atoms with Crippen molar-refractivity contribution in [3.63, 3.8) is 0 Å². The molecule has 1 aromatic heterocycles. The van der Waals surface area contributed by atoms with Gasteiger partial charge in [-0.05, 0) is 56.2 Å². The second-order valence-electron chi connectivity index (χ2n) is 6.38. The number of nitrogen functional groups attached to an aromatic ring is 1. The van der Waals surface area contributed by atoms with Crippen molar-refractivity contribution >= 4 is 5.82 Å². The van der Waals surface area contributed by atoms with E-state index in [2.05, 4.69) is 37.1 Å². The van der Waals surface area contributed by atoms with Crippen molar-refractivity contribution in [2.75, 3.05) is 12.3 Å². The van der Waals surface area contributed by atoms with Crippen LogP contribution in [-0.4, -0.2) is 11.5 Å². The van der Waals surface area contributed by atoms with Gasteiger partial charge in [0.15, 0.2) is 0 Å². The normalized spacial score (nSPS) is 24.6. The number of hydrogen-bond acceptors (Lipinski definition) is 3. The lowest BCUT2D eigenvalue weighted by Crippen LogP contribution is -2.32. The van der Waals surface area contributed by atoms with Gasteiger partial charge < -0.3 is 11.1 Å². The molecule has 1 aliphatic carbocycles.